The molecule has 7 N–H and O–H groups in total. The van der Waals surface area contributed by atoms with Crippen molar-refractivity contribution in [2.24, 2.45) is 0 Å². The van der Waals surface area contributed by atoms with Crippen LogP contribution < -0.4 is 10.6 Å². The van der Waals surface area contributed by atoms with Gasteiger partial charge >= 0.3 is 0 Å². The molecule has 2 aliphatic rings. The van der Waals surface area contributed by atoms with Crippen LogP contribution in [-0.2, 0) is 33.4 Å². The van der Waals surface area contributed by atoms with Crippen LogP contribution >= 0.6 is 0 Å². The maximum absolute atomic E-state index is 13.3. The Bertz CT molecular complexity index is 1490. The SMILES string of the molecule is CCCCCCCCCCCCCCCCCCCCCCCCCC(=O)N[C@@H](CO[C@H]1O[C@H](COCCCCCCNC(=O)CCN2C(=O)C=CC2=O)[C@H](O)[C@H](O)[C@H]1O)[C@H](O)[C@H](O)CCCCCCCCCCCCCC. The van der Waals surface area contributed by atoms with E-state index in [-0.39, 0.29) is 44.4 Å². The maximum atomic E-state index is 13.3. The second-order valence-electron chi connectivity index (χ2n) is 23.0. The lowest BCUT2D eigenvalue weighted by Crippen LogP contribution is -2.60. The molecule has 1 saturated heterocycles. The monoisotopic (exact) mass is 1110 g/mol. The minimum absolute atomic E-state index is 0.0429. The molecule has 0 unspecified atom stereocenters. The van der Waals surface area contributed by atoms with Crippen molar-refractivity contribution < 1.29 is 58.9 Å². The summed E-state index contributed by atoms with van der Waals surface area (Å²) in [6, 6.07) is -1.01. The minimum atomic E-state index is -1.62. The van der Waals surface area contributed by atoms with Gasteiger partial charge in [-0.25, -0.2) is 0 Å². The number of nitrogens with zero attached hydrogens (tertiary/aromatic N) is 1. The third-order valence-corrected chi connectivity index (χ3v) is 15.9. The van der Waals surface area contributed by atoms with Crippen LogP contribution in [0.25, 0.3) is 0 Å². The Morgan fingerprint density at radius 3 is 1.44 bits per heavy atom. The number of amides is 4. The van der Waals surface area contributed by atoms with Crippen molar-refractivity contribution in [2.75, 3.05) is 32.9 Å². The van der Waals surface area contributed by atoms with E-state index in [9.17, 15) is 44.7 Å². The molecule has 4 amide bonds. The Hall–Kier alpha value is -2.50. The Morgan fingerprint density at radius 1 is 0.538 bits per heavy atom. The maximum Gasteiger partial charge on any atom is 0.253 e. The summed E-state index contributed by atoms with van der Waals surface area (Å²) in [5, 5.41) is 60.7. The van der Waals surface area contributed by atoms with E-state index in [0.717, 1.165) is 69.1 Å². The van der Waals surface area contributed by atoms with Crippen LogP contribution in [-0.4, -0.2) is 136 Å². The predicted octanol–water partition coefficient (Wildman–Crippen LogP) is 11.5. The highest BCUT2D eigenvalue weighted by Crippen LogP contribution is 2.24. The number of imide groups is 1. The number of nitrogens with one attached hydrogen (secondary N) is 2. The number of hydrogen-bond acceptors (Lipinski definition) is 12. The molecule has 8 atom stereocenters. The summed E-state index contributed by atoms with van der Waals surface area (Å²) in [6.07, 6.45) is 40.5. The zero-order valence-corrected chi connectivity index (χ0v) is 49.5. The Labute approximate surface area is 473 Å². The second-order valence-corrected chi connectivity index (χ2v) is 23.0. The van der Waals surface area contributed by atoms with Crippen LogP contribution in [0.3, 0.4) is 0 Å². The van der Waals surface area contributed by atoms with Gasteiger partial charge in [-0.15, -0.1) is 0 Å². The third kappa shape index (κ3) is 36.1. The van der Waals surface area contributed by atoms with E-state index in [1.807, 2.05) is 0 Å². The van der Waals surface area contributed by atoms with E-state index in [0.29, 0.717) is 32.4 Å². The number of ether oxygens (including phenoxy) is 3. The Morgan fingerprint density at radius 2 is 0.962 bits per heavy atom. The fourth-order valence-corrected chi connectivity index (χ4v) is 10.7. The quantitative estimate of drug-likeness (QED) is 0.0223. The smallest absolute Gasteiger partial charge is 0.253 e. The normalized spacial score (nSPS) is 19.7. The fraction of sp³-hybridized carbons (Fsp3) is 0.905. The fourth-order valence-electron chi connectivity index (χ4n) is 10.7. The number of carbonyl (C=O) groups is 4. The summed E-state index contributed by atoms with van der Waals surface area (Å²) in [4.78, 5) is 49.8. The topological polar surface area (TPSA) is 224 Å². The molecule has 2 heterocycles. The molecular weight excluding hydrogens is 991 g/mol. The first-order valence-electron chi connectivity index (χ1n) is 32.3. The van der Waals surface area contributed by atoms with Gasteiger partial charge in [0.1, 0.15) is 30.5 Å². The first-order valence-corrected chi connectivity index (χ1v) is 32.3. The van der Waals surface area contributed by atoms with Crippen LogP contribution in [0.2, 0.25) is 0 Å². The zero-order valence-electron chi connectivity index (χ0n) is 49.5. The van der Waals surface area contributed by atoms with Gasteiger partial charge in [-0.1, -0.05) is 245 Å². The highest BCUT2D eigenvalue weighted by Gasteiger charge is 2.45. The predicted molar refractivity (Wildman–Crippen MR) is 312 cm³/mol. The molecule has 15 heteroatoms. The molecule has 0 spiro atoms. The van der Waals surface area contributed by atoms with Gasteiger partial charge in [-0.2, -0.15) is 0 Å². The average Bonchev–Trinajstić information content (AvgIpc) is 3.76. The van der Waals surface area contributed by atoms with E-state index >= 15 is 0 Å². The van der Waals surface area contributed by atoms with Crippen molar-refractivity contribution in [1.29, 1.82) is 0 Å². The van der Waals surface area contributed by atoms with Crippen molar-refractivity contribution in [2.45, 2.75) is 332 Å². The lowest BCUT2D eigenvalue weighted by Gasteiger charge is -2.40. The number of hydrogen-bond donors (Lipinski definition) is 7. The summed E-state index contributed by atoms with van der Waals surface area (Å²) in [5.41, 5.74) is 0. The summed E-state index contributed by atoms with van der Waals surface area (Å²) in [7, 11) is 0. The first-order chi connectivity index (χ1) is 38.0. The number of carbonyl (C=O) groups excluding carboxylic acids is 4. The van der Waals surface area contributed by atoms with Gasteiger partial charge in [0, 0.05) is 44.7 Å². The van der Waals surface area contributed by atoms with Crippen molar-refractivity contribution in [1.82, 2.24) is 15.5 Å². The first kappa shape index (κ1) is 71.6. The minimum Gasteiger partial charge on any atom is -0.390 e. The molecule has 2 rings (SSSR count). The van der Waals surface area contributed by atoms with Gasteiger partial charge in [0.2, 0.25) is 11.8 Å². The highest BCUT2D eigenvalue weighted by molar-refractivity contribution is 6.13. The lowest BCUT2D eigenvalue weighted by molar-refractivity contribution is -0.304. The third-order valence-electron chi connectivity index (χ3n) is 15.9. The van der Waals surface area contributed by atoms with Gasteiger partial charge in [0.25, 0.3) is 11.8 Å². The van der Waals surface area contributed by atoms with Gasteiger partial charge in [-0.3, -0.25) is 24.1 Å². The van der Waals surface area contributed by atoms with E-state index in [2.05, 4.69) is 24.5 Å². The van der Waals surface area contributed by atoms with Crippen molar-refractivity contribution in [3.8, 4) is 0 Å². The van der Waals surface area contributed by atoms with Crippen molar-refractivity contribution in [3.63, 3.8) is 0 Å². The number of rotatable bonds is 55. The van der Waals surface area contributed by atoms with E-state index in [4.69, 9.17) is 14.2 Å². The average molecular weight is 1110 g/mol. The zero-order chi connectivity index (χ0) is 56.7. The molecule has 0 aliphatic carbocycles. The molecule has 0 radical (unpaired) electrons. The van der Waals surface area contributed by atoms with Crippen molar-refractivity contribution in [3.05, 3.63) is 12.2 Å². The van der Waals surface area contributed by atoms with E-state index < -0.39 is 60.8 Å². The number of unbranched alkanes of at least 4 members (excludes halogenated alkanes) is 36. The Kier molecular flexibility index (Phi) is 45.1. The van der Waals surface area contributed by atoms with Gasteiger partial charge in [-0.05, 0) is 25.7 Å². The van der Waals surface area contributed by atoms with Crippen LogP contribution in [0, 0.1) is 0 Å². The molecule has 0 aromatic rings. The molecule has 78 heavy (non-hydrogen) atoms. The van der Waals surface area contributed by atoms with Crippen molar-refractivity contribution >= 4 is 23.6 Å². The van der Waals surface area contributed by atoms with Crippen LogP contribution in [0.5, 0.6) is 0 Å². The molecule has 0 bridgehead atoms. The molecule has 456 valence electrons. The lowest BCUT2D eigenvalue weighted by atomic mass is 9.98. The molecule has 1 fully saturated rings. The summed E-state index contributed by atoms with van der Waals surface area (Å²) >= 11 is 0. The second kappa shape index (κ2) is 49.1. The van der Waals surface area contributed by atoms with Gasteiger partial charge in [0.05, 0.1) is 25.4 Å². The highest BCUT2D eigenvalue weighted by atomic mass is 16.7. The summed E-state index contributed by atoms with van der Waals surface area (Å²) < 4.78 is 17.6. The van der Waals surface area contributed by atoms with Crippen LogP contribution in [0.1, 0.15) is 284 Å². The van der Waals surface area contributed by atoms with Gasteiger partial charge < -0.3 is 50.4 Å². The molecule has 15 nitrogen and oxygen atoms in total. The molecule has 2 aliphatic heterocycles. The van der Waals surface area contributed by atoms with Crippen LogP contribution in [0.15, 0.2) is 12.2 Å². The molecule has 0 aromatic carbocycles. The summed E-state index contributed by atoms with van der Waals surface area (Å²) in [5.74, 6) is -1.32. The van der Waals surface area contributed by atoms with E-state index in [1.54, 1.807) is 0 Å². The standard InChI is InChI=1S/C63H117N3O12/c1-3-5-7-9-11-13-15-17-18-19-20-21-22-23-24-25-26-27-29-31-33-35-39-43-56(69)65-52(59(72)53(67)42-38-34-32-30-28-16-14-12-10-8-6-4-2)50-77-63-62(75)61(74)60(73)54(78-63)51-76-49-41-37-36-40-47-64-55(68)46-48-66-57(70)44-45-58(66)71/h44-45,52-54,59-63,67,72-75H,3-43,46-51H2,1-2H3,(H,64,68)(H,65,69)/t52-,53+,54+,59-,60-,61-,62+,63-/m0/s1. The number of aliphatic hydroxyl groups is 5. The number of aliphatic hydroxyl groups excluding tert-OH is 5. The molecule has 0 saturated carbocycles. The summed E-state index contributed by atoms with van der Waals surface area (Å²) in [6.45, 7) is 4.97. The Balaban J connectivity index is 1.70. The largest absolute Gasteiger partial charge is 0.390 e. The van der Waals surface area contributed by atoms with Gasteiger partial charge in [0.15, 0.2) is 6.29 Å². The molecule has 0 aromatic heterocycles. The van der Waals surface area contributed by atoms with Crippen LogP contribution in [0.4, 0.5) is 0 Å². The van der Waals surface area contributed by atoms with E-state index in [1.165, 1.54) is 186 Å². The molecular formula is C63H117N3O12.